The van der Waals surface area contributed by atoms with Crippen LogP contribution in [0.3, 0.4) is 0 Å². The summed E-state index contributed by atoms with van der Waals surface area (Å²) in [5, 5.41) is 8.45. The maximum Gasteiger partial charge on any atom is 0.315 e. The first-order valence-corrected chi connectivity index (χ1v) is 12.1. The molecule has 0 spiro atoms. The van der Waals surface area contributed by atoms with E-state index in [1.807, 2.05) is 13.0 Å². The average molecular weight is 470 g/mol. The van der Waals surface area contributed by atoms with Crippen molar-refractivity contribution in [2.45, 2.75) is 38.8 Å². The summed E-state index contributed by atoms with van der Waals surface area (Å²) >= 11 is 0. The molecule has 1 unspecified atom stereocenters. The number of benzene rings is 2. The summed E-state index contributed by atoms with van der Waals surface area (Å²) in [6, 6.07) is 15.4. The highest BCUT2D eigenvalue weighted by molar-refractivity contribution is 5.86. The first-order chi connectivity index (χ1) is 16.5. The van der Waals surface area contributed by atoms with Crippen molar-refractivity contribution in [3.05, 3.63) is 66.0 Å². The lowest BCUT2D eigenvalue weighted by atomic mass is 10.1. The molecule has 1 saturated heterocycles. The average Bonchev–Trinajstić information content (AvgIpc) is 2.87. The molecule has 2 aromatic carbocycles. The smallest absolute Gasteiger partial charge is 0.315 e. The topological polar surface area (TPSA) is 76.7 Å². The van der Waals surface area contributed by atoms with E-state index in [0.29, 0.717) is 13.0 Å². The van der Waals surface area contributed by atoms with E-state index in [0.717, 1.165) is 51.1 Å². The maximum absolute atomic E-state index is 13.0. The van der Waals surface area contributed by atoms with Crippen LogP contribution in [0.4, 0.5) is 14.9 Å². The third kappa shape index (κ3) is 8.33. The van der Waals surface area contributed by atoms with E-state index in [2.05, 4.69) is 50.0 Å². The summed E-state index contributed by atoms with van der Waals surface area (Å²) in [5.41, 5.74) is 2.06. The van der Waals surface area contributed by atoms with Gasteiger partial charge in [-0.25, -0.2) is 9.18 Å². The van der Waals surface area contributed by atoms with Crippen molar-refractivity contribution in [2.24, 2.45) is 0 Å². The minimum absolute atomic E-state index is 0.160. The number of anilines is 1. The predicted molar refractivity (Wildman–Crippen MR) is 133 cm³/mol. The van der Waals surface area contributed by atoms with Gasteiger partial charge >= 0.3 is 6.03 Å². The van der Waals surface area contributed by atoms with Gasteiger partial charge in [-0.3, -0.25) is 9.69 Å². The van der Waals surface area contributed by atoms with E-state index < -0.39 is 12.1 Å². The van der Waals surface area contributed by atoms with Crippen LogP contribution in [0.2, 0.25) is 0 Å². The molecule has 7 nitrogen and oxygen atoms in total. The number of urea groups is 1. The maximum atomic E-state index is 13.0. The minimum Gasteiger partial charge on any atom is -0.369 e. The number of amides is 3. The van der Waals surface area contributed by atoms with Gasteiger partial charge < -0.3 is 20.9 Å². The SMILES string of the molecule is CCCC(NC(=O)NCc1ccc(F)cc1)C(=O)NCCCN1CCN(c2ccccc2)CC1. The fourth-order valence-corrected chi connectivity index (χ4v) is 4.06. The molecule has 0 aliphatic carbocycles. The normalized spacial score (nSPS) is 14.9. The number of carbonyl (C=O) groups is 2. The second kappa shape index (κ2) is 13.5. The van der Waals surface area contributed by atoms with Crippen LogP contribution in [-0.2, 0) is 11.3 Å². The van der Waals surface area contributed by atoms with Gasteiger partial charge in [0.15, 0.2) is 0 Å². The first kappa shape index (κ1) is 25.5. The molecule has 34 heavy (non-hydrogen) atoms. The van der Waals surface area contributed by atoms with E-state index in [4.69, 9.17) is 0 Å². The molecule has 1 fully saturated rings. The van der Waals surface area contributed by atoms with Crippen LogP contribution in [0.15, 0.2) is 54.6 Å². The number of carbonyl (C=O) groups excluding carboxylic acids is 2. The number of nitrogens with one attached hydrogen (secondary N) is 3. The van der Waals surface area contributed by atoms with Crippen LogP contribution in [0.5, 0.6) is 0 Å². The fraction of sp³-hybridized carbons (Fsp3) is 0.462. The highest BCUT2D eigenvalue weighted by Gasteiger charge is 2.20. The zero-order valence-electron chi connectivity index (χ0n) is 19.9. The Morgan fingerprint density at radius 1 is 0.971 bits per heavy atom. The molecule has 0 aromatic heterocycles. The van der Waals surface area contributed by atoms with Crippen LogP contribution < -0.4 is 20.9 Å². The Bertz CT molecular complexity index is 886. The molecule has 8 heteroatoms. The Morgan fingerprint density at radius 3 is 2.35 bits per heavy atom. The number of para-hydroxylation sites is 1. The number of piperazine rings is 1. The van der Waals surface area contributed by atoms with E-state index in [-0.39, 0.29) is 18.3 Å². The van der Waals surface area contributed by atoms with Crippen LogP contribution in [0, 0.1) is 5.82 Å². The summed E-state index contributed by atoms with van der Waals surface area (Å²) in [6.07, 6.45) is 2.21. The molecule has 1 heterocycles. The van der Waals surface area contributed by atoms with Crippen molar-refractivity contribution < 1.29 is 14.0 Å². The number of nitrogens with zero attached hydrogens (tertiary/aromatic N) is 2. The fourth-order valence-electron chi connectivity index (χ4n) is 4.06. The molecular formula is C26H36FN5O2. The monoisotopic (exact) mass is 469 g/mol. The standard InChI is InChI=1S/C26H36FN5O2/c1-2-7-24(30-26(34)29-20-21-10-12-22(27)13-11-21)25(33)28-14-6-15-31-16-18-32(19-17-31)23-8-4-3-5-9-23/h3-5,8-13,24H,2,6-7,14-20H2,1H3,(H,28,33)(H2,29,30,34). The molecule has 3 rings (SSSR count). The molecular weight excluding hydrogens is 433 g/mol. The van der Waals surface area contributed by atoms with Crippen molar-refractivity contribution in [1.29, 1.82) is 0 Å². The third-order valence-electron chi connectivity index (χ3n) is 6.01. The lowest BCUT2D eigenvalue weighted by Crippen LogP contribution is -2.50. The molecule has 0 bridgehead atoms. The highest BCUT2D eigenvalue weighted by atomic mass is 19.1. The molecule has 184 valence electrons. The molecule has 0 radical (unpaired) electrons. The van der Waals surface area contributed by atoms with Crippen LogP contribution in [0.25, 0.3) is 0 Å². The number of rotatable bonds is 11. The van der Waals surface area contributed by atoms with E-state index in [1.54, 1.807) is 12.1 Å². The summed E-state index contributed by atoms with van der Waals surface area (Å²) in [5.74, 6) is -0.477. The van der Waals surface area contributed by atoms with Gasteiger partial charge in [-0.15, -0.1) is 0 Å². The van der Waals surface area contributed by atoms with Crippen molar-refractivity contribution in [3.8, 4) is 0 Å². The quantitative estimate of drug-likeness (QED) is 0.442. The van der Waals surface area contributed by atoms with E-state index in [9.17, 15) is 14.0 Å². The molecule has 2 aromatic rings. The Balaban J connectivity index is 1.32. The van der Waals surface area contributed by atoms with Gasteiger partial charge in [-0.2, -0.15) is 0 Å². The molecule has 0 saturated carbocycles. The summed E-state index contributed by atoms with van der Waals surface area (Å²) < 4.78 is 13.0. The molecule has 1 atom stereocenters. The second-order valence-electron chi connectivity index (χ2n) is 8.60. The zero-order chi connectivity index (χ0) is 24.2. The van der Waals surface area contributed by atoms with E-state index >= 15 is 0 Å². The molecule has 1 aliphatic heterocycles. The van der Waals surface area contributed by atoms with Gasteiger partial charge in [0.2, 0.25) is 5.91 Å². The predicted octanol–water partition coefficient (Wildman–Crippen LogP) is 3.12. The van der Waals surface area contributed by atoms with Crippen molar-refractivity contribution in [2.75, 3.05) is 44.2 Å². The van der Waals surface area contributed by atoms with Gasteiger partial charge in [0.25, 0.3) is 0 Å². The Hall–Kier alpha value is -3.13. The largest absolute Gasteiger partial charge is 0.369 e. The lowest BCUT2D eigenvalue weighted by Gasteiger charge is -2.36. The number of hydrogen-bond acceptors (Lipinski definition) is 4. The number of hydrogen-bond donors (Lipinski definition) is 3. The van der Waals surface area contributed by atoms with Crippen LogP contribution in [-0.4, -0.2) is 62.1 Å². The summed E-state index contributed by atoms with van der Waals surface area (Å²) in [6.45, 7) is 7.80. The van der Waals surface area contributed by atoms with Crippen molar-refractivity contribution >= 4 is 17.6 Å². The molecule has 1 aliphatic rings. The summed E-state index contributed by atoms with van der Waals surface area (Å²) in [4.78, 5) is 29.7. The van der Waals surface area contributed by atoms with E-state index in [1.165, 1.54) is 17.8 Å². The Morgan fingerprint density at radius 2 is 1.68 bits per heavy atom. The third-order valence-corrected chi connectivity index (χ3v) is 6.01. The zero-order valence-corrected chi connectivity index (χ0v) is 19.9. The molecule has 3 N–H and O–H groups in total. The lowest BCUT2D eigenvalue weighted by molar-refractivity contribution is -0.123. The van der Waals surface area contributed by atoms with Gasteiger partial charge in [-0.1, -0.05) is 43.7 Å². The Labute approximate surface area is 201 Å². The van der Waals surface area contributed by atoms with Crippen LogP contribution >= 0.6 is 0 Å². The van der Waals surface area contributed by atoms with Crippen molar-refractivity contribution in [3.63, 3.8) is 0 Å². The van der Waals surface area contributed by atoms with Gasteiger partial charge in [0, 0.05) is 45.0 Å². The number of halogens is 1. The summed E-state index contributed by atoms with van der Waals surface area (Å²) in [7, 11) is 0. The van der Waals surface area contributed by atoms with Crippen molar-refractivity contribution in [1.82, 2.24) is 20.9 Å². The van der Waals surface area contributed by atoms with Gasteiger partial charge in [-0.05, 0) is 49.2 Å². The second-order valence-corrected chi connectivity index (χ2v) is 8.60. The van der Waals surface area contributed by atoms with Gasteiger partial charge in [0.05, 0.1) is 0 Å². The highest BCUT2D eigenvalue weighted by Crippen LogP contribution is 2.15. The molecule has 3 amide bonds. The Kier molecular flexibility index (Phi) is 10.2. The van der Waals surface area contributed by atoms with Gasteiger partial charge in [0.1, 0.15) is 11.9 Å². The minimum atomic E-state index is -0.576. The van der Waals surface area contributed by atoms with Crippen LogP contribution in [0.1, 0.15) is 31.7 Å². The first-order valence-electron chi connectivity index (χ1n) is 12.1.